The third kappa shape index (κ3) is 4.69. The summed E-state index contributed by atoms with van der Waals surface area (Å²) in [5, 5.41) is 3.32. The monoisotopic (exact) mass is 291 g/mol. The van der Waals surface area contributed by atoms with E-state index in [-0.39, 0.29) is 12.4 Å². The summed E-state index contributed by atoms with van der Waals surface area (Å²) in [6.45, 7) is 7.49. The second-order valence-electron chi connectivity index (χ2n) is 5.44. The third-order valence-corrected chi connectivity index (χ3v) is 3.20. The summed E-state index contributed by atoms with van der Waals surface area (Å²) in [5.41, 5.74) is 1.66. The number of rotatable bonds is 7. The topological polar surface area (TPSA) is 34.4 Å². The van der Waals surface area contributed by atoms with Crippen molar-refractivity contribution < 1.29 is 13.5 Å². The molecular weight excluding hydrogens is 269 g/mol. The molecule has 1 aromatic heterocycles. The quantitative estimate of drug-likeness (QED) is 0.839. The van der Waals surface area contributed by atoms with Gasteiger partial charge in [0, 0.05) is 11.6 Å². The molecule has 0 amide bonds. The van der Waals surface area contributed by atoms with Gasteiger partial charge >= 0.3 is 0 Å². The maximum absolute atomic E-state index is 13.4. The van der Waals surface area contributed by atoms with Crippen LogP contribution < -0.4 is 5.32 Å². The predicted octanol–water partition coefficient (Wildman–Crippen LogP) is 3.94. The van der Waals surface area contributed by atoms with Crippen molar-refractivity contribution in [2.45, 2.75) is 46.6 Å². The fraction of sp³-hybridized carbons (Fsp3) is 0.412. The van der Waals surface area contributed by atoms with Crippen LogP contribution >= 0.6 is 0 Å². The predicted molar refractivity (Wildman–Crippen MR) is 80.3 cm³/mol. The van der Waals surface area contributed by atoms with Crippen LogP contribution in [0.1, 0.15) is 36.5 Å². The van der Waals surface area contributed by atoms with E-state index in [1.165, 1.54) is 6.07 Å². The lowest BCUT2D eigenvalue weighted by Gasteiger charge is -2.06. The van der Waals surface area contributed by atoms with Crippen LogP contribution in [0.3, 0.4) is 0 Å². The number of aryl methyl sites for hydroxylation is 1. The summed E-state index contributed by atoms with van der Waals surface area (Å²) >= 11 is 0. The lowest BCUT2D eigenvalue weighted by atomic mass is 10.2. The number of benzene rings is 1. The van der Waals surface area contributed by atoms with Gasteiger partial charge in [-0.05, 0) is 24.6 Å². The fourth-order valence-electron chi connectivity index (χ4n) is 2.01. The molecule has 1 heterocycles. The van der Waals surface area contributed by atoms with Gasteiger partial charge in [0.05, 0.1) is 13.2 Å². The van der Waals surface area contributed by atoms with Crippen molar-refractivity contribution in [3.8, 4) is 0 Å². The molecule has 114 valence electrons. The van der Waals surface area contributed by atoms with Gasteiger partial charge in [0.1, 0.15) is 23.9 Å². The molecule has 1 aromatic carbocycles. The molecule has 2 aromatic rings. The van der Waals surface area contributed by atoms with Gasteiger partial charge in [0.25, 0.3) is 0 Å². The Balaban J connectivity index is 1.86. The van der Waals surface area contributed by atoms with Gasteiger partial charge in [-0.1, -0.05) is 32.0 Å². The Bertz CT molecular complexity index is 578. The molecule has 0 bridgehead atoms. The van der Waals surface area contributed by atoms with Gasteiger partial charge in [-0.2, -0.15) is 0 Å². The minimum atomic E-state index is -0.241. The second kappa shape index (κ2) is 7.38. The molecule has 3 nitrogen and oxygen atoms in total. The summed E-state index contributed by atoms with van der Waals surface area (Å²) in [4.78, 5) is 0. The normalized spacial score (nSPS) is 11.3. The molecule has 4 heteroatoms. The molecular formula is C17H22FNO2. The second-order valence-corrected chi connectivity index (χ2v) is 5.44. The van der Waals surface area contributed by atoms with Crippen LogP contribution in [0.2, 0.25) is 0 Å². The van der Waals surface area contributed by atoms with E-state index in [1.807, 2.05) is 13.0 Å². The first kappa shape index (κ1) is 15.7. The molecule has 0 saturated carbocycles. The lowest BCUT2D eigenvalue weighted by Crippen LogP contribution is -2.21. The Kier molecular flexibility index (Phi) is 5.53. The molecule has 2 rings (SSSR count). The zero-order valence-electron chi connectivity index (χ0n) is 12.8. The van der Waals surface area contributed by atoms with Gasteiger partial charge in [0.15, 0.2) is 0 Å². The first-order chi connectivity index (χ1) is 10.1. The summed E-state index contributed by atoms with van der Waals surface area (Å²) in [5.74, 6) is 1.45. The van der Waals surface area contributed by atoms with Crippen LogP contribution in [-0.4, -0.2) is 6.04 Å². The molecule has 0 radical (unpaired) electrons. The summed E-state index contributed by atoms with van der Waals surface area (Å²) in [6, 6.07) is 9.01. The average molecular weight is 291 g/mol. The summed E-state index contributed by atoms with van der Waals surface area (Å²) < 4.78 is 24.7. The highest BCUT2D eigenvalue weighted by atomic mass is 19.1. The van der Waals surface area contributed by atoms with E-state index >= 15 is 0 Å². The number of hydrogen-bond donors (Lipinski definition) is 1. The van der Waals surface area contributed by atoms with Crippen LogP contribution in [-0.2, 0) is 24.5 Å². The zero-order chi connectivity index (χ0) is 15.2. The first-order valence-electron chi connectivity index (χ1n) is 7.19. The SMILES string of the molecule is Cc1cc(COCc2ccccc2F)oc1CNC(C)C. The lowest BCUT2D eigenvalue weighted by molar-refractivity contribution is 0.0899. The average Bonchev–Trinajstić information content (AvgIpc) is 2.79. The van der Waals surface area contributed by atoms with Crippen LogP contribution in [0.5, 0.6) is 0 Å². The van der Waals surface area contributed by atoms with E-state index in [1.54, 1.807) is 18.2 Å². The zero-order valence-corrected chi connectivity index (χ0v) is 12.8. The largest absolute Gasteiger partial charge is 0.462 e. The minimum Gasteiger partial charge on any atom is -0.462 e. The van der Waals surface area contributed by atoms with Gasteiger partial charge in [0.2, 0.25) is 0 Å². The maximum Gasteiger partial charge on any atom is 0.130 e. The number of nitrogens with one attached hydrogen (secondary N) is 1. The highest BCUT2D eigenvalue weighted by molar-refractivity contribution is 5.20. The Hall–Kier alpha value is -1.65. The Morgan fingerprint density at radius 3 is 2.71 bits per heavy atom. The molecule has 1 N–H and O–H groups in total. The number of furan rings is 1. The van der Waals surface area contributed by atoms with Crippen molar-refractivity contribution in [2.24, 2.45) is 0 Å². The molecule has 0 aliphatic rings. The smallest absolute Gasteiger partial charge is 0.130 e. The fourth-order valence-corrected chi connectivity index (χ4v) is 2.01. The highest BCUT2D eigenvalue weighted by Crippen LogP contribution is 2.16. The molecule has 0 aliphatic carbocycles. The van der Waals surface area contributed by atoms with E-state index in [4.69, 9.17) is 9.15 Å². The molecule has 21 heavy (non-hydrogen) atoms. The van der Waals surface area contributed by atoms with Gasteiger partial charge in [-0.25, -0.2) is 4.39 Å². The van der Waals surface area contributed by atoms with E-state index in [2.05, 4.69) is 19.2 Å². The molecule has 0 unspecified atom stereocenters. The van der Waals surface area contributed by atoms with Crippen LogP contribution in [0.15, 0.2) is 34.7 Å². The minimum absolute atomic E-state index is 0.241. The van der Waals surface area contributed by atoms with Gasteiger partial charge in [-0.15, -0.1) is 0 Å². The van der Waals surface area contributed by atoms with E-state index in [9.17, 15) is 4.39 Å². The van der Waals surface area contributed by atoms with Crippen LogP contribution in [0.4, 0.5) is 4.39 Å². The first-order valence-corrected chi connectivity index (χ1v) is 7.19. The van der Waals surface area contributed by atoms with Crippen molar-refractivity contribution in [3.63, 3.8) is 0 Å². The third-order valence-electron chi connectivity index (χ3n) is 3.20. The van der Waals surface area contributed by atoms with E-state index < -0.39 is 0 Å². The standard InChI is InChI=1S/C17H22FNO2/c1-12(2)19-9-17-13(3)8-15(21-17)11-20-10-14-6-4-5-7-16(14)18/h4-8,12,19H,9-11H2,1-3H3. The van der Waals surface area contributed by atoms with Crippen molar-refractivity contribution in [1.82, 2.24) is 5.32 Å². The van der Waals surface area contributed by atoms with Crippen molar-refractivity contribution >= 4 is 0 Å². The molecule has 0 atom stereocenters. The Morgan fingerprint density at radius 1 is 1.24 bits per heavy atom. The number of halogens is 1. The Labute approximate surface area is 125 Å². The van der Waals surface area contributed by atoms with Crippen molar-refractivity contribution in [2.75, 3.05) is 0 Å². The van der Waals surface area contributed by atoms with Crippen LogP contribution in [0.25, 0.3) is 0 Å². The number of hydrogen-bond acceptors (Lipinski definition) is 3. The maximum atomic E-state index is 13.4. The van der Waals surface area contributed by atoms with Gasteiger partial charge in [-0.3, -0.25) is 0 Å². The highest BCUT2D eigenvalue weighted by Gasteiger charge is 2.09. The van der Waals surface area contributed by atoms with Crippen molar-refractivity contribution in [1.29, 1.82) is 0 Å². The molecule has 0 fully saturated rings. The van der Waals surface area contributed by atoms with E-state index in [0.717, 1.165) is 17.1 Å². The van der Waals surface area contributed by atoms with E-state index in [0.29, 0.717) is 24.8 Å². The van der Waals surface area contributed by atoms with Crippen molar-refractivity contribution in [3.05, 3.63) is 58.8 Å². The molecule has 0 saturated heterocycles. The number of ether oxygens (including phenoxy) is 1. The molecule has 0 aliphatic heterocycles. The van der Waals surface area contributed by atoms with Crippen LogP contribution in [0, 0.1) is 12.7 Å². The Morgan fingerprint density at radius 2 is 2.00 bits per heavy atom. The van der Waals surface area contributed by atoms with Gasteiger partial charge < -0.3 is 14.5 Å². The molecule has 0 spiro atoms. The summed E-state index contributed by atoms with van der Waals surface area (Å²) in [6.07, 6.45) is 0. The summed E-state index contributed by atoms with van der Waals surface area (Å²) in [7, 11) is 0.